The van der Waals surface area contributed by atoms with Crippen molar-refractivity contribution in [2.45, 2.75) is 33.0 Å². The van der Waals surface area contributed by atoms with E-state index >= 15 is 0 Å². The Morgan fingerprint density at radius 2 is 1.91 bits per heavy atom. The van der Waals surface area contributed by atoms with Gasteiger partial charge >= 0.3 is 6.18 Å². The Morgan fingerprint density at radius 1 is 1.16 bits per heavy atom. The predicted molar refractivity (Wildman–Crippen MR) is 112 cm³/mol. The zero-order valence-electron chi connectivity index (χ0n) is 17.6. The number of carbonyl (C=O) groups excluding carboxylic acids is 2. The Labute approximate surface area is 181 Å². The molecule has 1 aliphatic rings. The lowest BCUT2D eigenvalue weighted by molar-refractivity contribution is -0.138. The molecular weight excluding hydrogens is 423 g/mol. The van der Waals surface area contributed by atoms with Crippen LogP contribution in [-0.2, 0) is 6.18 Å². The Hall–Kier alpha value is -3.69. The van der Waals surface area contributed by atoms with Gasteiger partial charge in [-0.1, -0.05) is 0 Å². The number of alkyl halides is 3. The molecule has 10 heteroatoms. The third-order valence-corrected chi connectivity index (χ3v) is 5.47. The van der Waals surface area contributed by atoms with Gasteiger partial charge in [0.15, 0.2) is 0 Å². The summed E-state index contributed by atoms with van der Waals surface area (Å²) in [5.74, 6) is -1.03. The number of hydrogen-bond acceptors (Lipinski definition) is 4. The van der Waals surface area contributed by atoms with Crippen LogP contribution in [0.1, 0.15) is 50.5 Å². The molecule has 0 saturated carbocycles. The summed E-state index contributed by atoms with van der Waals surface area (Å²) < 4.78 is 40.8. The van der Waals surface area contributed by atoms with Gasteiger partial charge < -0.3 is 10.2 Å². The molecule has 2 aromatic heterocycles. The first-order chi connectivity index (χ1) is 15.1. The van der Waals surface area contributed by atoms with Crippen molar-refractivity contribution >= 4 is 23.2 Å². The second-order valence-electron chi connectivity index (χ2n) is 7.76. The molecule has 32 heavy (non-hydrogen) atoms. The van der Waals surface area contributed by atoms with Crippen LogP contribution in [0.15, 0.2) is 42.9 Å². The van der Waals surface area contributed by atoms with E-state index in [1.54, 1.807) is 12.3 Å². The number of aryl methyl sites for hydroxylation is 2. The van der Waals surface area contributed by atoms with E-state index in [0.717, 1.165) is 11.6 Å². The first-order valence-electron chi connectivity index (χ1n) is 9.87. The number of carbonyl (C=O) groups is 2. The summed E-state index contributed by atoms with van der Waals surface area (Å²) in [6, 6.07) is 5.02. The average molecular weight is 443 g/mol. The Kier molecular flexibility index (Phi) is 5.23. The second-order valence-corrected chi connectivity index (χ2v) is 7.76. The minimum Gasteiger partial charge on any atom is -0.320 e. The molecule has 4 rings (SSSR count). The maximum atomic E-state index is 13.3. The lowest BCUT2D eigenvalue weighted by atomic mass is 10.0. The van der Waals surface area contributed by atoms with Gasteiger partial charge in [-0.25, -0.2) is 0 Å². The number of nitrogens with zero attached hydrogens (tertiary/aromatic N) is 4. The molecule has 3 heterocycles. The first-order valence-corrected chi connectivity index (χ1v) is 9.87. The molecule has 1 aliphatic heterocycles. The highest BCUT2D eigenvalue weighted by Gasteiger charge is 2.37. The fourth-order valence-corrected chi connectivity index (χ4v) is 3.77. The summed E-state index contributed by atoms with van der Waals surface area (Å²) in [4.78, 5) is 31.6. The summed E-state index contributed by atoms with van der Waals surface area (Å²) in [6.07, 6.45) is -0.0464. The fourth-order valence-electron chi connectivity index (χ4n) is 3.77. The quantitative estimate of drug-likeness (QED) is 0.651. The van der Waals surface area contributed by atoms with Gasteiger partial charge in [-0.05, 0) is 56.2 Å². The molecule has 7 nitrogen and oxygen atoms in total. The highest BCUT2D eigenvalue weighted by atomic mass is 19.4. The van der Waals surface area contributed by atoms with Crippen molar-refractivity contribution in [2.75, 3.05) is 16.8 Å². The minimum absolute atomic E-state index is 0.0135. The summed E-state index contributed by atoms with van der Waals surface area (Å²) in [5.41, 5.74) is 1.06. The third kappa shape index (κ3) is 3.72. The lowest BCUT2D eigenvalue weighted by Gasteiger charge is -2.32. The van der Waals surface area contributed by atoms with Crippen LogP contribution in [0.25, 0.3) is 0 Å². The van der Waals surface area contributed by atoms with E-state index in [1.807, 2.05) is 13.8 Å². The topological polar surface area (TPSA) is 80.1 Å². The maximum absolute atomic E-state index is 13.3. The first kappa shape index (κ1) is 21.5. The van der Waals surface area contributed by atoms with Crippen molar-refractivity contribution in [3.8, 4) is 0 Å². The molecule has 1 atom stereocenters. The zero-order valence-corrected chi connectivity index (χ0v) is 17.6. The average Bonchev–Trinajstić information content (AvgIpc) is 3.17. The van der Waals surface area contributed by atoms with E-state index in [1.165, 1.54) is 41.0 Å². The minimum atomic E-state index is -4.48. The number of anilines is 2. The van der Waals surface area contributed by atoms with Crippen LogP contribution >= 0.6 is 0 Å². The van der Waals surface area contributed by atoms with Gasteiger partial charge in [0.25, 0.3) is 11.8 Å². The number of pyridine rings is 1. The number of benzene rings is 1. The van der Waals surface area contributed by atoms with Gasteiger partial charge in [-0.2, -0.15) is 18.3 Å². The number of hydrogen-bond donors (Lipinski definition) is 1. The smallest absolute Gasteiger partial charge is 0.320 e. The van der Waals surface area contributed by atoms with Crippen molar-refractivity contribution in [1.82, 2.24) is 14.8 Å². The van der Waals surface area contributed by atoms with Gasteiger partial charge in [-0.3, -0.25) is 19.3 Å². The highest BCUT2D eigenvalue weighted by Crippen LogP contribution is 2.35. The van der Waals surface area contributed by atoms with Crippen molar-refractivity contribution in [3.63, 3.8) is 0 Å². The SMILES string of the molecule is Cc1ccncc1NC(=O)c1cnn2c1C(=O)N(c1ccc(C(F)(F)F)c(C)c1)C[C@@H]2C. The van der Waals surface area contributed by atoms with Crippen LogP contribution in [0, 0.1) is 13.8 Å². The van der Waals surface area contributed by atoms with Gasteiger partial charge in [0.05, 0.1) is 35.2 Å². The van der Waals surface area contributed by atoms with Crippen LogP contribution in [0.2, 0.25) is 0 Å². The summed E-state index contributed by atoms with van der Waals surface area (Å²) in [7, 11) is 0. The van der Waals surface area contributed by atoms with Crippen molar-refractivity contribution < 1.29 is 22.8 Å². The molecule has 166 valence electrons. The molecule has 0 fully saturated rings. The number of nitrogens with one attached hydrogen (secondary N) is 1. The fraction of sp³-hybridized carbons (Fsp3) is 0.273. The molecule has 1 N–H and O–H groups in total. The van der Waals surface area contributed by atoms with Crippen molar-refractivity contribution in [1.29, 1.82) is 0 Å². The molecular formula is C22H20F3N5O2. The van der Waals surface area contributed by atoms with Crippen LogP contribution in [-0.4, -0.2) is 33.1 Å². The number of fused-ring (bicyclic) bond motifs is 1. The molecule has 3 aromatic rings. The summed E-state index contributed by atoms with van der Waals surface area (Å²) >= 11 is 0. The molecule has 1 aromatic carbocycles. The number of amides is 2. The molecule has 0 saturated heterocycles. The summed E-state index contributed by atoms with van der Waals surface area (Å²) in [6.45, 7) is 5.19. The Morgan fingerprint density at radius 3 is 2.56 bits per heavy atom. The van der Waals surface area contributed by atoms with E-state index in [0.29, 0.717) is 11.4 Å². The number of halogens is 3. The molecule has 0 radical (unpaired) electrons. The van der Waals surface area contributed by atoms with Crippen LogP contribution < -0.4 is 10.2 Å². The van der Waals surface area contributed by atoms with E-state index in [9.17, 15) is 22.8 Å². The van der Waals surface area contributed by atoms with E-state index in [-0.39, 0.29) is 29.4 Å². The molecule has 0 unspecified atom stereocenters. The van der Waals surface area contributed by atoms with Crippen molar-refractivity contribution in [2.24, 2.45) is 0 Å². The van der Waals surface area contributed by atoms with Crippen molar-refractivity contribution in [3.05, 3.63) is 70.8 Å². The van der Waals surface area contributed by atoms with Crippen LogP contribution in [0.4, 0.5) is 24.5 Å². The van der Waals surface area contributed by atoms with Crippen LogP contribution in [0.5, 0.6) is 0 Å². The molecule has 0 spiro atoms. The Bertz CT molecular complexity index is 1220. The monoisotopic (exact) mass is 443 g/mol. The molecule has 2 amide bonds. The highest BCUT2D eigenvalue weighted by molar-refractivity contribution is 6.15. The second kappa shape index (κ2) is 7.77. The molecule has 0 bridgehead atoms. The van der Waals surface area contributed by atoms with Crippen LogP contribution in [0.3, 0.4) is 0 Å². The van der Waals surface area contributed by atoms with E-state index in [2.05, 4.69) is 15.4 Å². The van der Waals surface area contributed by atoms with Gasteiger partial charge in [0.1, 0.15) is 5.69 Å². The standard InChI is InChI=1S/C22H20F3N5O2/c1-12-6-7-26-10-18(12)28-20(31)16-9-27-30-14(3)11-29(21(32)19(16)30)15-4-5-17(13(2)8-15)22(23,24)25/h4-10,14H,11H2,1-3H3,(H,28,31)/t14-/m0/s1. The van der Waals surface area contributed by atoms with Gasteiger partial charge in [0.2, 0.25) is 0 Å². The summed E-state index contributed by atoms with van der Waals surface area (Å²) in [5, 5.41) is 6.94. The van der Waals surface area contributed by atoms with E-state index < -0.39 is 23.6 Å². The normalized spacial score (nSPS) is 16.1. The number of rotatable bonds is 3. The van der Waals surface area contributed by atoms with Gasteiger partial charge in [-0.15, -0.1) is 0 Å². The largest absolute Gasteiger partial charge is 0.416 e. The zero-order chi connectivity index (χ0) is 23.2. The third-order valence-electron chi connectivity index (χ3n) is 5.47. The van der Waals surface area contributed by atoms with E-state index in [4.69, 9.17) is 0 Å². The Balaban J connectivity index is 1.68. The number of aromatic nitrogens is 3. The molecule has 0 aliphatic carbocycles. The lowest BCUT2D eigenvalue weighted by Crippen LogP contribution is -2.43. The predicted octanol–water partition coefficient (Wildman–Crippen LogP) is 4.39. The maximum Gasteiger partial charge on any atom is 0.416 e. The van der Waals surface area contributed by atoms with Gasteiger partial charge in [0, 0.05) is 18.4 Å².